The van der Waals surface area contributed by atoms with Gasteiger partial charge in [-0.05, 0) is 38.3 Å². The third-order valence-corrected chi connectivity index (χ3v) is 6.16. The molecule has 0 spiro atoms. The molecule has 1 aliphatic rings. The van der Waals surface area contributed by atoms with E-state index in [1.807, 2.05) is 0 Å². The van der Waals surface area contributed by atoms with Crippen LogP contribution in [0.15, 0.2) is 4.21 Å². The predicted molar refractivity (Wildman–Crippen MR) is 76.9 cm³/mol. The maximum atomic E-state index is 11.3. The van der Waals surface area contributed by atoms with Crippen molar-refractivity contribution in [2.75, 3.05) is 25.0 Å². The van der Waals surface area contributed by atoms with E-state index in [2.05, 4.69) is 22.5 Å². The fraction of sp³-hybridized carbons (Fsp3) is 0.727. The molecular weight excluding hydrogens is 284 g/mol. The lowest BCUT2D eigenvalue weighted by atomic mass is 9.81. The normalized spacial score (nSPS) is 19.3. The number of primary sulfonamides is 1. The number of anilines is 1. The number of piperidine rings is 1. The maximum Gasteiger partial charge on any atom is 0.249 e. The average molecular weight is 304 g/mol. The van der Waals surface area contributed by atoms with Gasteiger partial charge in [0, 0.05) is 6.54 Å². The molecule has 1 saturated heterocycles. The van der Waals surface area contributed by atoms with Crippen molar-refractivity contribution in [1.82, 2.24) is 10.3 Å². The molecule has 1 aliphatic heterocycles. The number of aryl methyl sites for hydroxylation is 1. The molecule has 2 rings (SSSR count). The van der Waals surface area contributed by atoms with E-state index in [0.717, 1.165) is 43.8 Å². The van der Waals surface area contributed by atoms with E-state index in [1.54, 1.807) is 6.92 Å². The minimum atomic E-state index is -3.67. The number of hydrogen-bond donors (Lipinski definition) is 3. The highest BCUT2D eigenvalue weighted by Crippen LogP contribution is 2.30. The highest BCUT2D eigenvalue weighted by Gasteiger charge is 2.27. The van der Waals surface area contributed by atoms with Gasteiger partial charge in [0.2, 0.25) is 10.0 Å². The second kappa shape index (κ2) is 5.35. The van der Waals surface area contributed by atoms with Gasteiger partial charge in [0.05, 0.1) is 5.69 Å². The topological polar surface area (TPSA) is 97.1 Å². The zero-order chi connectivity index (χ0) is 14.1. The molecule has 6 nitrogen and oxygen atoms in total. The van der Waals surface area contributed by atoms with E-state index in [0.29, 0.717) is 10.8 Å². The van der Waals surface area contributed by atoms with E-state index >= 15 is 0 Å². The number of nitrogens with two attached hydrogens (primary N) is 1. The first-order valence-electron chi connectivity index (χ1n) is 6.25. The molecule has 108 valence electrons. The van der Waals surface area contributed by atoms with Crippen molar-refractivity contribution in [2.45, 2.75) is 30.9 Å². The van der Waals surface area contributed by atoms with Crippen LogP contribution in [0.1, 0.15) is 25.5 Å². The Morgan fingerprint density at radius 3 is 2.63 bits per heavy atom. The smallest absolute Gasteiger partial charge is 0.249 e. The molecule has 4 N–H and O–H groups in total. The summed E-state index contributed by atoms with van der Waals surface area (Å²) >= 11 is 1.10. The Kier molecular flexibility index (Phi) is 4.14. The minimum absolute atomic E-state index is 0.144. The number of hydrogen-bond acceptors (Lipinski definition) is 6. The van der Waals surface area contributed by atoms with Gasteiger partial charge in [0.15, 0.2) is 9.34 Å². The Labute approximate surface area is 117 Å². The van der Waals surface area contributed by atoms with Gasteiger partial charge in [-0.2, -0.15) is 0 Å². The van der Waals surface area contributed by atoms with Gasteiger partial charge in [0.1, 0.15) is 0 Å². The van der Waals surface area contributed by atoms with Crippen LogP contribution < -0.4 is 15.8 Å². The first-order chi connectivity index (χ1) is 8.80. The number of nitrogens with zero attached hydrogens (tertiary/aromatic N) is 1. The van der Waals surface area contributed by atoms with Crippen molar-refractivity contribution in [3.8, 4) is 0 Å². The molecule has 19 heavy (non-hydrogen) atoms. The van der Waals surface area contributed by atoms with Crippen LogP contribution in [0.3, 0.4) is 0 Å². The van der Waals surface area contributed by atoms with Gasteiger partial charge >= 0.3 is 0 Å². The third-order valence-electron chi connectivity index (χ3n) is 3.49. The van der Waals surface area contributed by atoms with Crippen LogP contribution in [-0.2, 0) is 10.0 Å². The molecule has 8 heteroatoms. The van der Waals surface area contributed by atoms with Gasteiger partial charge < -0.3 is 10.6 Å². The Morgan fingerprint density at radius 1 is 1.47 bits per heavy atom. The Hall–Kier alpha value is -0.700. The van der Waals surface area contributed by atoms with Gasteiger partial charge in [-0.25, -0.2) is 18.5 Å². The monoisotopic (exact) mass is 304 g/mol. The zero-order valence-corrected chi connectivity index (χ0v) is 12.8. The van der Waals surface area contributed by atoms with Gasteiger partial charge in [-0.15, -0.1) is 0 Å². The summed E-state index contributed by atoms with van der Waals surface area (Å²) < 4.78 is 22.8. The molecule has 1 fully saturated rings. The Morgan fingerprint density at radius 2 is 2.11 bits per heavy atom. The lowest BCUT2D eigenvalue weighted by Crippen LogP contribution is -2.39. The van der Waals surface area contributed by atoms with Crippen molar-refractivity contribution in [3.05, 3.63) is 5.69 Å². The third kappa shape index (κ3) is 3.65. The predicted octanol–water partition coefficient (Wildman–Crippen LogP) is 0.901. The quantitative estimate of drug-likeness (QED) is 0.768. The Bertz CT molecular complexity index is 547. The SMILES string of the molecule is Cc1nc(NCC2(C)CCNCC2)sc1S(N)(=O)=O. The maximum absolute atomic E-state index is 11.3. The van der Waals surface area contributed by atoms with Gasteiger partial charge in [-0.1, -0.05) is 18.3 Å². The first-order valence-corrected chi connectivity index (χ1v) is 8.61. The lowest BCUT2D eigenvalue weighted by Gasteiger charge is -2.34. The molecule has 2 heterocycles. The summed E-state index contributed by atoms with van der Waals surface area (Å²) in [5.41, 5.74) is 0.692. The van der Waals surface area contributed by atoms with Crippen molar-refractivity contribution in [3.63, 3.8) is 0 Å². The van der Waals surface area contributed by atoms with Gasteiger partial charge in [-0.3, -0.25) is 0 Å². The zero-order valence-electron chi connectivity index (χ0n) is 11.2. The van der Waals surface area contributed by atoms with E-state index in [9.17, 15) is 8.42 Å². The fourth-order valence-corrected chi connectivity index (χ4v) is 4.07. The van der Waals surface area contributed by atoms with Crippen molar-refractivity contribution >= 4 is 26.5 Å². The molecule has 0 amide bonds. The highest BCUT2D eigenvalue weighted by atomic mass is 32.2. The number of rotatable bonds is 4. The average Bonchev–Trinajstić information content (AvgIpc) is 2.69. The summed E-state index contributed by atoms with van der Waals surface area (Å²) in [5.74, 6) is 0. The molecule has 1 aromatic rings. The van der Waals surface area contributed by atoms with Crippen LogP contribution in [0.2, 0.25) is 0 Å². The van der Waals surface area contributed by atoms with E-state index in [-0.39, 0.29) is 9.62 Å². The lowest BCUT2D eigenvalue weighted by molar-refractivity contribution is 0.247. The standard InChI is InChI=1S/C11H20N4O2S2/c1-8-9(19(12,16)17)18-10(15-8)14-7-11(2)3-5-13-6-4-11/h13H,3-7H2,1-2H3,(H,14,15)(H2,12,16,17). The summed E-state index contributed by atoms with van der Waals surface area (Å²) in [6.07, 6.45) is 2.21. The summed E-state index contributed by atoms with van der Waals surface area (Å²) in [4.78, 5) is 4.23. The molecule has 0 saturated carbocycles. The van der Waals surface area contributed by atoms with Crippen LogP contribution in [0.25, 0.3) is 0 Å². The van der Waals surface area contributed by atoms with Crippen LogP contribution in [0, 0.1) is 12.3 Å². The summed E-state index contributed by atoms with van der Waals surface area (Å²) in [7, 11) is -3.67. The van der Waals surface area contributed by atoms with Crippen LogP contribution in [-0.4, -0.2) is 33.0 Å². The number of nitrogens with one attached hydrogen (secondary N) is 2. The van der Waals surface area contributed by atoms with Crippen molar-refractivity contribution in [2.24, 2.45) is 10.6 Å². The molecule has 1 aromatic heterocycles. The summed E-state index contributed by atoms with van der Waals surface area (Å²) in [6, 6.07) is 0. The van der Waals surface area contributed by atoms with E-state index < -0.39 is 10.0 Å². The fourth-order valence-electron chi connectivity index (χ4n) is 2.22. The number of sulfonamides is 1. The molecule has 0 atom stereocenters. The van der Waals surface area contributed by atoms with E-state index in [1.165, 1.54) is 0 Å². The molecule has 0 unspecified atom stereocenters. The van der Waals surface area contributed by atoms with Crippen molar-refractivity contribution in [1.29, 1.82) is 0 Å². The second-order valence-corrected chi connectivity index (χ2v) is 8.11. The second-order valence-electron chi connectivity index (χ2n) is 5.35. The van der Waals surface area contributed by atoms with Gasteiger partial charge in [0.25, 0.3) is 0 Å². The van der Waals surface area contributed by atoms with Crippen LogP contribution >= 0.6 is 11.3 Å². The molecule has 0 radical (unpaired) electrons. The van der Waals surface area contributed by atoms with Crippen LogP contribution in [0.4, 0.5) is 5.13 Å². The van der Waals surface area contributed by atoms with E-state index in [4.69, 9.17) is 5.14 Å². The number of thiazole rings is 1. The molecule has 0 aromatic carbocycles. The van der Waals surface area contributed by atoms with Crippen LogP contribution in [0.5, 0.6) is 0 Å². The molecule has 0 bridgehead atoms. The molecule has 0 aliphatic carbocycles. The largest absolute Gasteiger partial charge is 0.361 e. The molecular formula is C11H20N4O2S2. The highest BCUT2D eigenvalue weighted by molar-refractivity contribution is 7.91. The summed E-state index contributed by atoms with van der Waals surface area (Å²) in [5, 5.41) is 12.4. The van der Waals surface area contributed by atoms with Crippen molar-refractivity contribution < 1.29 is 8.42 Å². The minimum Gasteiger partial charge on any atom is -0.361 e. The first kappa shape index (κ1) is 14.7. The summed E-state index contributed by atoms with van der Waals surface area (Å²) in [6.45, 7) is 6.75. The number of aromatic nitrogens is 1. The Balaban J connectivity index is 2.04.